The number of ether oxygens (including phenoxy) is 1. The molecule has 1 N–H and O–H groups in total. The van der Waals surface area contributed by atoms with Crippen molar-refractivity contribution < 1.29 is 28.1 Å². The number of aryl methyl sites for hydroxylation is 1. The van der Waals surface area contributed by atoms with Gasteiger partial charge in [-0.15, -0.1) is 0 Å². The molecule has 1 heterocycles. The van der Waals surface area contributed by atoms with E-state index in [2.05, 4.69) is 13.8 Å². The summed E-state index contributed by atoms with van der Waals surface area (Å²) in [7, 11) is -1.06. The fourth-order valence-electron chi connectivity index (χ4n) is 4.12. The fraction of sp³-hybridized carbons (Fsp3) is 0.357. The van der Waals surface area contributed by atoms with Crippen molar-refractivity contribution in [2.24, 2.45) is 0 Å². The molecule has 2 unspecified atom stereocenters. The van der Waals surface area contributed by atoms with Gasteiger partial charge < -0.3 is 14.4 Å². The van der Waals surface area contributed by atoms with Gasteiger partial charge in [0, 0.05) is 30.9 Å². The molecule has 0 saturated heterocycles. The van der Waals surface area contributed by atoms with Crippen molar-refractivity contribution >= 4 is 14.0 Å². The second-order valence-electron chi connectivity index (χ2n) is 9.01. The maximum absolute atomic E-state index is 13.9. The number of aliphatic hydroxyl groups excluding tert-OH is 1. The van der Waals surface area contributed by atoms with Crippen LogP contribution in [0.3, 0.4) is 0 Å². The lowest BCUT2D eigenvalue weighted by Crippen LogP contribution is -2.19. The zero-order chi connectivity index (χ0) is 26.2. The van der Waals surface area contributed by atoms with Crippen LogP contribution in [0.25, 0.3) is 22.4 Å². The van der Waals surface area contributed by atoms with E-state index in [9.17, 15) is 18.9 Å². The molecule has 3 rings (SSSR count). The van der Waals surface area contributed by atoms with Crippen molar-refractivity contribution in [1.29, 1.82) is 0 Å². The third-order valence-corrected chi connectivity index (χ3v) is 7.16. The number of carbonyl (C=O) groups excluding carboxylic acids is 1. The molecule has 0 aliphatic carbocycles. The largest absolute Gasteiger partial charge is 0.465 e. The molecule has 3 aromatic rings. The van der Waals surface area contributed by atoms with Gasteiger partial charge in [-0.3, -0.25) is 14.3 Å². The van der Waals surface area contributed by atoms with Crippen molar-refractivity contribution in [3.63, 3.8) is 0 Å². The lowest BCUT2D eigenvalue weighted by molar-refractivity contribution is -0.145. The molecule has 0 aliphatic rings. The van der Waals surface area contributed by atoms with E-state index in [-0.39, 0.29) is 30.9 Å². The smallest absolute Gasteiger partial charge is 0.308 e. The van der Waals surface area contributed by atoms with Crippen LogP contribution >= 0.6 is 8.03 Å². The predicted molar refractivity (Wildman–Crippen MR) is 140 cm³/mol. The minimum absolute atomic E-state index is 0.0876. The van der Waals surface area contributed by atoms with Crippen molar-refractivity contribution in [3.8, 4) is 22.4 Å². The minimum Gasteiger partial charge on any atom is -0.465 e. The van der Waals surface area contributed by atoms with Gasteiger partial charge in [-0.25, -0.2) is 4.39 Å². The maximum Gasteiger partial charge on any atom is 0.308 e. The lowest BCUT2D eigenvalue weighted by Gasteiger charge is -2.20. The molecule has 0 saturated carbocycles. The third-order valence-electron chi connectivity index (χ3n) is 5.90. The summed E-state index contributed by atoms with van der Waals surface area (Å²) in [6.45, 7) is 6.07. The summed E-state index contributed by atoms with van der Waals surface area (Å²) in [5.41, 5.74) is 6.20. The summed E-state index contributed by atoms with van der Waals surface area (Å²) >= 11 is 0. The SMILES string of the molecule is CO[PH](=O)CC(O)CC(=O)OCCc1c(-c2ccc(F)cc2C)cc(-c2ccccc2)nc1C(C)C. The van der Waals surface area contributed by atoms with Crippen LogP contribution in [-0.2, 0) is 25.0 Å². The van der Waals surface area contributed by atoms with Crippen molar-refractivity contribution in [2.45, 2.75) is 45.6 Å². The van der Waals surface area contributed by atoms with E-state index in [0.29, 0.717) is 6.42 Å². The van der Waals surface area contributed by atoms with E-state index in [0.717, 1.165) is 39.2 Å². The molecule has 192 valence electrons. The number of esters is 1. The molecular formula is C28H33FNO5P. The Labute approximate surface area is 212 Å². The molecule has 1 aromatic heterocycles. The second kappa shape index (κ2) is 12.9. The highest BCUT2D eigenvalue weighted by Gasteiger charge is 2.20. The number of aliphatic hydroxyl groups is 1. The van der Waals surface area contributed by atoms with Crippen molar-refractivity contribution in [3.05, 3.63) is 77.2 Å². The number of hydrogen-bond donors (Lipinski definition) is 1. The van der Waals surface area contributed by atoms with Crippen LogP contribution in [0.1, 0.15) is 43.0 Å². The van der Waals surface area contributed by atoms with Crippen molar-refractivity contribution in [1.82, 2.24) is 4.98 Å². The molecule has 2 atom stereocenters. The average molecular weight is 514 g/mol. The number of carbonyl (C=O) groups is 1. The maximum atomic E-state index is 13.9. The average Bonchev–Trinajstić information content (AvgIpc) is 2.84. The highest BCUT2D eigenvalue weighted by atomic mass is 31.1. The minimum atomic E-state index is -2.36. The van der Waals surface area contributed by atoms with Crippen LogP contribution in [0.5, 0.6) is 0 Å². The first-order chi connectivity index (χ1) is 17.2. The molecule has 0 amide bonds. The summed E-state index contributed by atoms with van der Waals surface area (Å²) in [6, 6.07) is 16.6. The standard InChI is InChI=1S/C28H33FNO5P/c1-18(2)28-24(12-13-35-27(32)15-22(31)17-36(33)34-4)25(23-11-10-21(29)14-19(23)3)16-26(30-28)20-8-6-5-7-9-20/h5-11,14,16,18,22,31,36H,12-13,15,17H2,1-4H3. The highest BCUT2D eigenvalue weighted by molar-refractivity contribution is 7.39. The quantitative estimate of drug-likeness (QED) is 0.252. The zero-order valence-corrected chi connectivity index (χ0v) is 22.1. The van der Waals surface area contributed by atoms with Gasteiger partial charge in [0.1, 0.15) is 5.82 Å². The van der Waals surface area contributed by atoms with E-state index in [1.807, 2.05) is 43.3 Å². The van der Waals surface area contributed by atoms with E-state index < -0.39 is 20.1 Å². The molecule has 8 heteroatoms. The van der Waals surface area contributed by atoms with Gasteiger partial charge in [-0.05, 0) is 53.3 Å². The summed E-state index contributed by atoms with van der Waals surface area (Å²) in [6.07, 6.45) is -1.03. The molecule has 0 bridgehead atoms. The monoisotopic (exact) mass is 513 g/mol. The molecule has 0 spiro atoms. The number of benzene rings is 2. The molecule has 36 heavy (non-hydrogen) atoms. The van der Waals surface area contributed by atoms with Gasteiger partial charge in [0.2, 0.25) is 0 Å². The van der Waals surface area contributed by atoms with Gasteiger partial charge >= 0.3 is 5.97 Å². The lowest BCUT2D eigenvalue weighted by atomic mass is 9.89. The Morgan fingerprint density at radius 3 is 2.47 bits per heavy atom. The molecule has 0 radical (unpaired) electrons. The molecule has 2 aromatic carbocycles. The Bertz CT molecular complexity index is 1220. The molecule has 0 fully saturated rings. The number of nitrogens with zero attached hydrogens (tertiary/aromatic N) is 1. The van der Waals surface area contributed by atoms with Crippen LogP contribution < -0.4 is 0 Å². The number of aromatic nitrogens is 1. The van der Waals surface area contributed by atoms with Crippen molar-refractivity contribution in [2.75, 3.05) is 19.9 Å². The number of pyridine rings is 1. The molecular weight excluding hydrogens is 480 g/mol. The Kier molecular flexibility index (Phi) is 9.94. The van der Waals surface area contributed by atoms with Gasteiger partial charge in [0.05, 0.1) is 24.8 Å². The summed E-state index contributed by atoms with van der Waals surface area (Å²) < 4.78 is 35.5. The first-order valence-corrected chi connectivity index (χ1v) is 13.5. The first-order valence-electron chi connectivity index (χ1n) is 12.0. The second-order valence-corrected chi connectivity index (χ2v) is 10.6. The topological polar surface area (TPSA) is 85.7 Å². The number of rotatable bonds is 11. The van der Waals surface area contributed by atoms with Gasteiger partial charge in [0.25, 0.3) is 0 Å². The highest BCUT2D eigenvalue weighted by Crippen LogP contribution is 2.35. The fourth-order valence-corrected chi connectivity index (χ4v) is 4.82. The third kappa shape index (κ3) is 7.33. The first kappa shape index (κ1) is 27.7. The Balaban J connectivity index is 1.93. The van der Waals surface area contributed by atoms with E-state index in [4.69, 9.17) is 14.2 Å². The van der Waals surface area contributed by atoms with E-state index in [1.165, 1.54) is 19.2 Å². The molecule has 6 nitrogen and oxygen atoms in total. The zero-order valence-electron chi connectivity index (χ0n) is 21.1. The normalized spacial score (nSPS) is 13.0. The van der Waals surface area contributed by atoms with Crippen LogP contribution in [-0.4, -0.2) is 42.0 Å². The Morgan fingerprint density at radius 1 is 1.11 bits per heavy atom. The van der Waals surface area contributed by atoms with E-state index >= 15 is 0 Å². The van der Waals surface area contributed by atoms with E-state index in [1.54, 1.807) is 6.07 Å². The number of halogens is 1. The molecule has 0 aliphatic heterocycles. The van der Waals surface area contributed by atoms with Gasteiger partial charge in [-0.2, -0.15) is 0 Å². The summed E-state index contributed by atoms with van der Waals surface area (Å²) in [5.74, 6) is -0.789. The predicted octanol–water partition coefficient (Wildman–Crippen LogP) is 5.94. The van der Waals surface area contributed by atoms with Gasteiger partial charge in [0.15, 0.2) is 8.03 Å². The van der Waals surface area contributed by atoms with Gasteiger partial charge in [-0.1, -0.05) is 50.2 Å². The Morgan fingerprint density at radius 2 is 1.83 bits per heavy atom. The van der Waals surface area contributed by atoms with Crippen LogP contribution in [0.2, 0.25) is 0 Å². The summed E-state index contributed by atoms with van der Waals surface area (Å²) in [4.78, 5) is 17.2. The van der Waals surface area contributed by atoms with Crippen LogP contribution in [0.4, 0.5) is 4.39 Å². The Hall–Kier alpha value is -2.86. The summed E-state index contributed by atoms with van der Waals surface area (Å²) in [5, 5.41) is 9.94. The van der Waals surface area contributed by atoms with Crippen LogP contribution in [0, 0.1) is 12.7 Å². The van der Waals surface area contributed by atoms with Crippen LogP contribution in [0.15, 0.2) is 54.6 Å². The number of hydrogen-bond acceptors (Lipinski definition) is 6.